The molecule has 0 atom stereocenters. The van der Waals surface area contributed by atoms with E-state index in [1.54, 1.807) is 6.07 Å². The number of pyridine rings is 1. The molecule has 1 aromatic heterocycles. The Morgan fingerprint density at radius 1 is 1.13 bits per heavy atom. The molecule has 1 saturated carbocycles. The van der Waals surface area contributed by atoms with Gasteiger partial charge in [0.1, 0.15) is 0 Å². The van der Waals surface area contributed by atoms with Gasteiger partial charge in [0.25, 0.3) is 5.91 Å². The third-order valence-corrected chi connectivity index (χ3v) is 6.44. The number of hydrogen-bond donors (Lipinski definition) is 3. The number of rotatable bonds is 6. The predicted octanol–water partition coefficient (Wildman–Crippen LogP) is 2.23. The van der Waals surface area contributed by atoms with Crippen LogP contribution in [0, 0.1) is 6.92 Å². The van der Waals surface area contributed by atoms with Crippen LogP contribution in [0.1, 0.15) is 53.2 Å². The van der Waals surface area contributed by atoms with Gasteiger partial charge in [-0.1, -0.05) is 17.7 Å². The maximum atomic E-state index is 12.2. The predicted molar refractivity (Wildman–Crippen MR) is 121 cm³/mol. The fourth-order valence-corrected chi connectivity index (χ4v) is 4.72. The summed E-state index contributed by atoms with van der Waals surface area (Å²) in [6, 6.07) is 11.9. The number of nitrogens with one attached hydrogen (secondary N) is 2. The van der Waals surface area contributed by atoms with Crippen molar-refractivity contribution in [3.63, 3.8) is 0 Å². The minimum Gasteiger partial charge on any atom is -0.397 e. The molecule has 0 unspecified atom stereocenters. The maximum absolute atomic E-state index is 12.2. The molecule has 2 fully saturated rings. The molecule has 0 bridgehead atoms. The number of nitrogens with two attached hydrogens (primary N) is 1. The van der Waals surface area contributed by atoms with E-state index in [1.165, 1.54) is 0 Å². The molecule has 7 nitrogen and oxygen atoms in total. The van der Waals surface area contributed by atoms with Gasteiger partial charge >= 0.3 is 0 Å². The van der Waals surface area contributed by atoms with Crippen molar-refractivity contribution in [2.75, 3.05) is 25.4 Å². The number of hydrogen-bond acceptors (Lipinski definition) is 5. The molecule has 2 heterocycles. The van der Waals surface area contributed by atoms with Gasteiger partial charge < -0.3 is 16.4 Å². The van der Waals surface area contributed by atoms with Crippen molar-refractivity contribution in [1.29, 1.82) is 0 Å². The second kappa shape index (κ2) is 9.47. The highest BCUT2D eigenvalue weighted by atomic mass is 16.2. The zero-order valence-electron chi connectivity index (χ0n) is 18.0. The summed E-state index contributed by atoms with van der Waals surface area (Å²) in [6.07, 6.45) is 6.29. The van der Waals surface area contributed by atoms with Crippen LogP contribution in [-0.2, 0) is 4.79 Å². The summed E-state index contributed by atoms with van der Waals surface area (Å²) >= 11 is 0. The van der Waals surface area contributed by atoms with Crippen molar-refractivity contribution in [2.24, 2.45) is 0 Å². The molecule has 1 aliphatic heterocycles. The van der Waals surface area contributed by atoms with E-state index in [9.17, 15) is 9.59 Å². The van der Waals surface area contributed by atoms with Crippen molar-refractivity contribution in [2.45, 2.75) is 50.6 Å². The number of aryl methyl sites for hydroxylation is 1. The van der Waals surface area contributed by atoms with Gasteiger partial charge in [-0.2, -0.15) is 0 Å². The summed E-state index contributed by atoms with van der Waals surface area (Å²) in [6.45, 7) is 3.68. The molecule has 1 aliphatic carbocycles. The highest BCUT2D eigenvalue weighted by Gasteiger charge is 2.35. The van der Waals surface area contributed by atoms with Crippen molar-refractivity contribution in [3.8, 4) is 0 Å². The fourth-order valence-electron chi connectivity index (χ4n) is 4.72. The Morgan fingerprint density at radius 3 is 2.61 bits per heavy atom. The number of nitrogen functional groups attached to an aromatic ring is 1. The van der Waals surface area contributed by atoms with Crippen molar-refractivity contribution < 1.29 is 9.59 Å². The van der Waals surface area contributed by atoms with Crippen LogP contribution in [-0.4, -0.2) is 53.4 Å². The van der Waals surface area contributed by atoms with Crippen LogP contribution in [0.25, 0.3) is 0 Å². The van der Waals surface area contributed by atoms with Crippen LogP contribution in [0.3, 0.4) is 0 Å². The number of likely N-dealkylation sites (tertiary alicyclic amines) is 1. The number of amides is 2. The SMILES string of the molecule is Cc1cccc(C(=O)NCC(=O)NC2CN([C@H]3CC[C@@H](c4ncccc4N)CC3)C2)c1. The number of benzene rings is 1. The van der Waals surface area contributed by atoms with Crippen molar-refractivity contribution in [3.05, 3.63) is 59.4 Å². The number of anilines is 1. The van der Waals surface area contributed by atoms with Gasteiger partial charge in [-0.25, -0.2) is 0 Å². The lowest BCUT2D eigenvalue weighted by Crippen LogP contribution is -2.63. The Bertz CT molecular complexity index is 933. The molecule has 1 aromatic carbocycles. The van der Waals surface area contributed by atoms with E-state index in [0.29, 0.717) is 17.5 Å². The number of carbonyl (C=O) groups excluding carboxylic acids is 2. The van der Waals surface area contributed by atoms with Crippen LogP contribution in [0.2, 0.25) is 0 Å². The summed E-state index contributed by atoms with van der Waals surface area (Å²) in [7, 11) is 0. The quantitative estimate of drug-likeness (QED) is 0.664. The third kappa shape index (κ3) is 5.22. The lowest BCUT2D eigenvalue weighted by Gasteiger charge is -2.46. The van der Waals surface area contributed by atoms with Gasteiger partial charge in [0.15, 0.2) is 0 Å². The Labute approximate surface area is 183 Å². The van der Waals surface area contributed by atoms with E-state index in [-0.39, 0.29) is 24.4 Å². The van der Waals surface area contributed by atoms with Gasteiger partial charge in [-0.15, -0.1) is 0 Å². The van der Waals surface area contributed by atoms with E-state index in [2.05, 4.69) is 20.5 Å². The highest BCUT2D eigenvalue weighted by Crippen LogP contribution is 2.37. The smallest absolute Gasteiger partial charge is 0.251 e. The average Bonchev–Trinajstić information content (AvgIpc) is 2.75. The Kier molecular flexibility index (Phi) is 6.51. The second-order valence-corrected chi connectivity index (χ2v) is 8.75. The molecular weight excluding hydrogens is 390 g/mol. The van der Waals surface area contributed by atoms with Crippen LogP contribution >= 0.6 is 0 Å². The summed E-state index contributed by atoms with van der Waals surface area (Å²) in [4.78, 5) is 31.3. The van der Waals surface area contributed by atoms with E-state index >= 15 is 0 Å². The Hall–Kier alpha value is -2.93. The molecule has 31 heavy (non-hydrogen) atoms. The van der Waals surface area contributed by atoms with Crippen molar-refractivity contribution >= 4 is 17.5 Å². The lowest BCUT2D eigenvalue weighted by atomic mass is 9.81. The lowest BCUT2D eigenvalue weighted by molar-refractivity contribution is -0.122. The molecule has 1 saturated heterocycles. The summed E-state index contributed by atoms with van der Waals surface area (Å²) < 4.78 is 0. The van der Waals surface area contributed by atoms with Gasteiger partial charge in [0, 0.05) is 36.8 Å². The van der Waals surface area contributed by atoms with E-state index in [4.69, 9.17) is 5.73 Å². The molecule has 4 rings (SSSR count). The maximum Gasteiger partial charge on any atom is 0.251 e. The first kappa shape index (κ1) is 21.3. The molecule has 0 spiro atoms. The molecule has 2 amide bonds. The largest absolute Gasteiger partial charge is 0.397 e. The number of aromatic nitrogens is 1. The number of carbonyl (C=O) groups is 2. The third-order valence-electron chi connectivity index (χ3n) is 6.44. The molecule has 0 radical (unpaired) electrons. The van der Waals surface area contributed by atoms with Gasteiger partial charge in [0.05, 0.1) is 24.0 Å². The molecule has 164 valence electrons. The highest BCUT2D eigenvalue weighted by molar-refractivity contribution is 5.96. The summed E-state index contributed by atoms with van der Waals surface area (Å²) in [5, 5.41) is 5.72. The van der Waals surface area contributed by atoms with E-state index in [1.807, 2.05) is 43.5 Å². The van der Waals surface area contributed by atoms with Crippen LogP contribution in [0.4, 0.5) is 5.69 Å². The van der Waals surface area contributed by atoms with Crippen molar-refractivity contribution in [1.82, 2.24) is 20.5 Å². The minimum atomic E-state index is -0.223. The van der Waals surface area contributed by atoms with Crippen LogP contribution in [0.5, 0.6) is 0 Å². The van der Waals surface area contributed by atoms with Crippen LogP contribution in [0.15, 0.2) is 42.6 Å². The number of nitrogens with zero attached hydrogens (tertiary/aromatic N) is 2. The topological polar surface area (TPSA) is 100 Å². The molecule has 7 heteroatoms. The summed E-state index contributed by atoms with van der Waals surface area (Å²) in [5.41, 5.74) is 9.53. The minimum absolute atomic E-state index is 0.000118. The van der Waals surface area contributed by atoms with Crippen LogP contribution < -0.4 is 16.4 Å². The Balaban J connectivity index is 1.15. The molecule has 2 aromatic rings. The normalized spacial score (nSPS) is 21.8. The van der Waals surface area contributed by atoms with E-state index < -0.39 is 0 Å². The first-order valence-electron chi connectivity index (χ1n) is 11.1. The zero-order valence-corrected chi connectivity index (χ0v) is 18.0. The van der Waals surface area contributed by atoms with Gasteiger partial charge in [0.2, 0.25) is 5.91 Å². The average molecular weight is 422 g/mol. The molecular formula is C24H31N5O2. The summed E-state index contributed by atoms with van der Waals surface area (Å²) in [5.74, 6) is 0.0885. The second-order valence-electron chi connectivity index (χ2n) is 8.75. The first-order valence-corrected chi connectivity index (χ1v) is 11.1. The Morgan fingerprint density at radius 2 is 1.90 bits per heavy atom. The zero-order chi connectivity index (χ0) is 21.8. The monoisotopic (exact) mass is 421 g/mol. The van der Waals surface area contributed by atoms with Gasteiger partial charge in [-0.05, 0) is 56.9 Å². The first-order chi connectivity index (χ1) is 15.0. The van der Waals surface area contributed by atoms with Gasteiger partial charge in [-0.3, -0.25) is 19.5 Å². The standard InChI is InChI=1S/C24H31N5O2/c1-16-4-2-5-18(12-16)24(31)27-13-22(30)28-19-14-29(15-19)20-9-7-17(8-10-20)23-21(25)6-3-11-26-23/h2-6,11-12,17,19-20H,7-10,13-15,25H2,1H3,(H,27,31)(H,28,30)/t17-,20+. The fraction of sp³-hybridized carbons (Fsp3) is 0.458. The van der Waals surface area contributed by atoms with E-state index in [0.717, 1.165) is 55.7 Å². The molecule has 4 N–H and O–H groups in total. The molecule has 2 aliphatic rings.